The lowest BCUT2D eigenvalue weighted by atomic mass is 10.1. The van der Waals surface area contributed by atoms with Gasteiger partial charge in [-0.05, 0) is 31.4 Å². The van der Waals surface area contributed by atoms with Gasteiger partial charge in [-0.25, -0.2) is 13.1 Å². The summed E-state index contributed by atoms with van der Waals surface area (Å²) in [4.78, 5) is -0.109. The molecule has 0 amide bonds. The number of hydrogen-bond donors (Lipinski definition) is 2. The molecule has 19 heavy (non-hydrogen) atoms. The van der Waals surface area contributed by atoms with Crippen molar-refractivity contribution in [2.24, 2.45) is 5.92 Å². The van der Waals surface area contributed by atoms with Gasteiger partial charge in [0.2, 0.25) is 10.0 Å². The van der Waals surface area contributed by atoms with E-state index in [4.69, 9.17) is 23.2 Å². The molecular weight excluding hydrogens is 309 g/mol. The lowest BCUT2D eigenvalue weighted by Gasteiger charge is -2.15. The van der Waals surface area contributed by atoms with Gasteiger partial charge in [-0.2, -0.15) is 0 Å². The molecule has 2 N–H and O–H groups in total. The number of nitrogens with one attached hydrogen (secondary N) is 1. The highest BCUT2D eigenvalue weighted by atomic mass is 35.5. The minimum Gasteiger partial charge on any atom is -0.393 e. The maximum absolute atomic E-state index is 12.1. The Morgan fingerprint density at radius 1 is 1.26 bits per heavy atom. The first kappa shape index (κ1) is 16.7. The van der Waals surface area contributed by atoms with Crippen LogP contribution in [0.25, 0.3) is 0 Å². The Morgan fingerprint density at radius 2 is 1.79 bits per heavy atom. The molecule has 0 heterocycles. The fourth-order valence-corrected chi connectivity index (χ4v) is 4.03. The molecule has 108 valence electrons. The van der Waals surface area contributed by atoms with Crippen LogP contribution >= 0.6 is 23.2 Å². The molecule has 2 atom stereocenters. The van der Waals surface area contributed by atoms with Crippen LogP contribution in [0.2, 0.25) is 10.0 Å². The van der Waals surface area contributed by atoms with E-state index in [0.717, 1.165) is 0 Å². The molecule has 2 unspecified atom stereocenters. The second kappa shape index (κ2) is 6.90. The number of aliphatic hydroxyl groups excluding tert-OH is 1. The van der Waals surface area contributed by atoms with Gasteiger partial charge in [0.15, 0.2) is 0 Å². The summed E-state index contributed by atoms with van der Waals surface area (Å²) < 4.78 is 26.7. The minimum absolute atomic E-state index is 0.0102. The summed E-state index contributed by atoms with van der Waals surface area (Å²) in [6, 6.07) is 4.53. The second-order valence-electron chi connectivity index (χ2n) is 4.59. The van der Waals surface area contributed by atoms with Gasteiger partial charge in [0.25, 0.3) is 0 Å². The zero-order valence-electron chi connectivity index (χ0n) is 10.7. The number of rotatable bonds is 6. The summed E-state index contributed by atoms with van der Waals surface area (Å²) in [5, 5.41) is 9.41. The molecule has 4 nitrogen and oxygen atoms in total. The fraction of sp³-hybridized carbons (Fsp3) is 0.500. The van der Waals surface area contributed by atoms with Gasteiger partial charge in [0.1, 0.15) is 4.90 Å². The van der Waals surface area contributed by atoms with Gasteiger partial charge < -0.3 is 5.11 Å². The Kier molecular flexibility index (Phi) is 6.08. The van der Waals surface area contributed by atoms with Crippen molar-refractivity contribution < 1.29 is 13.5 Å². The molecule has 0 radical (unpaired) electrons. The highest BCUT2D eigenvalue weighted by Crippen LogP contribution is 2.28. The SMILES string of the molecule is CC(O)CC(C)CNS(=O)(=O)c1c(Cl)cccc1Cl. The summed E-state index contributed by atoms with van der Waals surface area (Å²) in [7, 11) is -3.75. The van der Waals surface area contributed by atoms with Gasteiger partial charge in [-0.3, -0.25) is 0 Å². The topological polar surface area (TPSA) is 66.4 Å². The summed E-state index contributed by atoms with van der Waals surface area (Å²) >= 11 is 11.7. The Balaban J connectivity index is 2.82. The van der Waals surface area contributed by atoms with Crippen molar-refractivity contribution in [3.63, 3.8) is 0 Å². The maximum Gasteiger partial charge on any atom is 0.243 e. The predicted octanol–water partition coefficient (Wildman–Crippen LogP) is 2.68. The highest BCUT2D eigenvalue weighted by molar-refractivity contribution is 7.89. The van der Waals surface area contributed by atoms with Crippen molar-refractivity contribution in [3.05, 3.63) is 28.2 Å². The first-order valence-electron chi connectivity index (χ1n) is 5.85. The zero-order valence-corrected chi connectivity index (χ0v) is 13.1. The van der Waals surface area contributed by atoms with Gasteiger partial charge in [-0.1, -0.05) is 36.2 Å². The molecule has 0 saturated heterocycles. The van der Waals surface area contributed by atoms with E-state index in [9.17, 15) is 13.5 Å². The van der Waals surface area contributed by atoms with Crippen molar-refractivity contribution in [3.8, 4) is 0 Å². The number of benzene rings is 1. The van der Waals surface area contributed by atoms with Crippen LogP contribution in [0.4, 0.5) is 0 Å². The Bertz CT molecular complexity index is 512. The standard InChI is InChI=1S/C12H17Cl2NO3S/c1-8(6-9(2)16)7-15-19(17,18)12-10(13)4-3-5-11(12)14/h3-5,8-9,15-16H,6-7H2,1-2H3. The maximum atomic E-state index is 12.1. The number of hydrogen-bond acceptors (Lipinski definition) is 3. The molecule has 0 aliphatic rings. The summed E-state index contributed by atoms with van der Waals surface area (Å²) in [6.07, 6.45) is 0.0436. The molecule has 0 aliphatic carbocycles. The highest BCUT2D eigenvalue weighted by Gasteiger charge is 2.22. The molecule has 1 aromatic carbocycles. The summed E-state index contributed by atoms with van der Waals surface area (Å²) in [6.45, 7) is 3.73. The van der Waals surface area contributed by atoms with Crippen molar-refractivity contribution in [1.82, 2.24) is 4.72 Å². The van der Waals surface area contributed by atoms with Crippen LogP contribution in [0.1, 0.15) is 20.3 Å². The number of halogens is 2. The van der Waals surface area contributed by atoms with E-state index < -0.39 is 16.1 Å². The molecule has 0 fully saturated rings. The van der Waals surface area contributed by atoms with Crippen molar-refractivity contribution in [2.75, 3.05) is 6.54 Å². The first-order chi connectivity index (χ1) is 8.74. The zero-order chi connectivity index (χ0) is 14.6. The molecule has 0 saturated carbocycles. The lowest BCUT2D eigenvalue weighted by molar-refractivity contribution is 0.165. The van der Waals surface area contributed by atoms with Crippen LogP contribution in [-0.2, 0) is 10.0 Å². The molecule has 1 aromatic rings. The van der Waals surface area contributed by atoms with Gasteiger partial charge in [0.05, 0.1) is 16.1 Å². The third-order valence-corrected chi connectivity index (χ3v) is 4.93. The van der Waals surface area contributed by atoms with Crippen LogP contribution < -0.4 is 4.72 Å². The summed E-state index contributed by atoms with van der Waals surface area (Å²) in [5.74, 6) is 0.0102. The predicted molar refractivity (Wildman–Crippen MR) is 77.1 cm³/mol. The number of aliphatic hydroxyl groups is 1. The average molecular weight is 326 g/mol. The van der Waals surface area contributed by atoms with E-state index >= 15 is 0 Å². The molecule has 0 bridgehead atoms. The van der Waals surface area contributed by atoms with E-state index in [0.29, 0.717) is 6.42 Å². The van der Waals surface area contributed by atoms with E-state index in [1.807, 2.05) is 6.92 Å². The van der Waals surface area contributed by atoms with Crippen molar-refractivity contribution in [1.29, 1.82) is 0 Å². The van der Waals surface area contributed by atoms with E-state index in [2.05, 4.69) is 4.72 Å². The Morgan fingerprint density at radius 3 is 2.26 bits per heavy atom. The monoisotopic (exact) mass is 325 g/mol. The van der Waals surface area contributed by atoms with Gasteiger partial charge in [-0.15, -0.1) is 0 Å². The number of sulfonamides is 1. The summed E-state index contributed by atoms with van der Waals surface area (Å²) in [5.41, 5.74) is 0. The third-order valence-electron chi connectivity index (χ3n) is 2.55. The van der Waals surface area contributed by atoms with Crippen molar-refractivity contribution >= 4 is 33.2 Å². The van der Waals surface area contributed by atoms with Crippen molar-refractivity contribution in [2.45, 2.75) is 31.3 Å². The van der Waals surface area contributed by atoms with Crippen LogP contribution in [0.5, 0.6) is 0 Å². The van der Waals surface area contributed by atoms with Crippen LogP contribution in [0, 0.1) is 5.92 Å². The van der Waals surface area contributed by atoms with Crippen LogP contribution in [-0.4, -0.2) is 26.2 Å². The molecule has 0 spiro atoms. The van der Waals surface area contributed by atoms with E-state index in [1.54, 1.807) is 13.0 Å². The normalized spacial score (nSPS) is 15.2. The first-order valence-corrected chi connectivity index (χ1v) is 8.09. The second-order valence-corrected chi connectivity index (χ2v) is 7.11. The van der Waals surface area contributed by atoms with Gasteiger partial charge >= 0.3 is 0 Å². The smallest absolute Gasteiger partial charge is 0.243 e. The third kappa shape index (κ3) is 4.93. The fourth-order valence-electron chi connectivity index (χ4n) is 1.73. The van der Waals surface area contributed by atoms with E-state index in [-0.39, 0.29) is 27.4 Å². The van der Waals surface area contributed by atoms with Crippen LogP contribution in [0.15, 0.2) is 23.1 Å². The molecular formula is C12H17Cl2NO3S. The van der Waals surface area contributed by atoms with Gasteiger partial charge in [0, 0.05) is 6.54 Å². The van der Waals surface area contributed by atoms with Crippen LogP contribution in [0.3, 0.4) is 0 Å². The molecule has 1 rings (SSSR count). The quantitative estimate of drug-likeness (QED) is 0.845. The lowest BCUT2D eigenvalue weighted by Crippen LogP contribution is -2.30. The average Bonchev–Trinajstić information content (AvgIpc) is 2.25. The Labute approximate surface area is 123 Å². The molecule has 0 aromatic heterocycles. The Hall–Kier alpha value is -0.330. The minimum atomic E-state index is -3.75. The largest absolute Gasteiger partial charge is 0.393 e. The van der Waals surface area contributed by atoms with E-state index in [1.165, 1.54) is 12.1 Å². The molecule has 0 aliphatic heterocycles. The molecule has 7 heteroatoms.